The quantitative estimate of drug-likeness (QED) is 0.258. The highest BCUT2D eigenvalue weighted by atomic mass is 127. The van der Waals surface area contributed by atoms with E-state index in [0.717, 1.165) is 65.0 Å². The van der Waals surface area contributed by atoms with E-state index in [0.29, 0.717) is 6.54 Å². The minimum absolute atomic E-state index is 0. The van der Waals surface area contributed by atoms with E-state index in [1.165, 1.54) is 0 Å². The molecule has 6 nitrogen and oxygen atoms in total. The molecule has 3 aromatic rings. The number of hydrogen-bond acceptors (Lipinski definition) is 5. The highest BCUT2D eigenvalue weighted by Crippen LogP contribution is 2.23. The summed E-state index contributed by atoms with van der Waals surface area (Å²) in [5.74, 6) is 1.71. The predicted molar refractivity (Wildman–Crippen MR) is 130 cm³/mol. The first-order chi connectivity index (χ1) is 13.7. The van der Waals surface area contributed by atoms with Gasteiger partial charge in [0.15, 0.2) is 5.96 Å². The van der Waals surface area contributed by atoms with Crippen LogP contribution in [0, 0.1) is 0 Å². The maximum absolute atomic E-state index is 5.42. The zero-order valence-electron chi connectivity index (χ0n) is 17.1. The van der Waals surface area contributed by atoms with Crippen LogP contribution in [0.4, 0.5) is 0 Å². The van der Waals surface area contributed by atoms with Crippen LogP contribution in [0.15, 0.2) is 45.2 Å². The fraction of sp³-hybridized carbons (Fsp3) is 0.381. The molecule has 0 spiro atoms. The second-order valence-corrected chi connectivity index (χ2v) is 7.21. The fourth-order valence-corrected chi connectivity index (χ4v) is 3.83. The fourth-order valence-electron chi connectivity index (χ4n) is 2.97. The topological polar surface area (TPSA) is 75.3 Å². The Balaban J connectivity index is 0.00000300. The van der Waals surface area contributed by atoms with Gasteiger partial charge in [-0.1, -0.05) is 49.3 Å². The van der Waals surface area contributed by atoms with Gasteiger partial charge < -0.3 is 15.2 Å². The number of hydrogen-bond donors (Lipinski definition) is 2. The summed E-state index contributed by atoms with van der Waals surface area (Å²) in [5.41, 5.74) is 4.40. The van der Waals surface area contributed by atoms with Crippen molar-refractivity contribution in [3.05, 3.63) is 58.4 Å². The second kappa shape index (κ2) is 11.9. The first kappa shape index (κ1) is 23.3. The number of aromatic nitrogens is 2. The van der Waals surface area contributed by atoms with Crippen LogP contribution in [0.3, 0.4) is 0 Å². The Labute approximate surface area is 193 Å². The van der Waals surface area contributed by atoms with Crippen LogP contribution in [0.25, 0.3) is 10.6 Å². The maximum Gasteiger partial charge on any atom is 0.191 e. The lowest BCUT2D eigenvalue weighted by Gasteiger charge is -2.11. The number of benzene rings is 1. The molecular formula is C21H28IN5OS. The number of halogens is 1. The Morgan fingerprint density at radius 2 is 1.93 bits per heavy atom. The minimum atomic E-state index is 0. The molecule has 29 heavy (non-hydrogen) atoms. The molecule has 0 aliphatic rings. The molecule has 2 aromatic heterocycles. The average Bonchev–Trinajstić information content (AvgIpc) is 3.37. The lowest BCUT2D eigenvalue weighted by atomic mass is 10.1. The van der Waals surface area contributed by atoms with Crippen LogP contribution in [0.5, 0.6) is 0 Å². The number of nitrogens with one attached hydrogen (secondary N) is 2. The monoisotopic (exact) mass is 525 g/mol. The largest absolute Gasteiger partial charge is 0.361 e. The summed E-state index contributed by atoms with van der Waals surface area (Å²) < 4.78 is 5.42. The van der Waals surface area contributed by atoms with Gasteiger partial charge in [-0.25, -0.2) is 4.98 Å². The van der Waals surface area contributed by atoms with Crippen molar-refractivity contribution in [2.75, 3.05) is 13.6 Å². The Hall–Kier alpha value is -1.94. The highest BCUT2D eigenvalue weighted by molar-refractivity contribution is 14.0. The van der Waals surface area contributed by atoms with Crippen molar-refractivity contribution in [1.29, 1.82) is 0 Å². The average molecular weight is 525 g/mol. The van der Waals surface area contributed by atoms with Gasteiger partial charge in [0.2, 0.25) is 0 Å². The number of aryl methyl sites for hydroxylation is 2. The maximum atomic E-state index is 5.42. The van der Waals surface area contributed by atoms with E-state index in [1.54, 1.807) is 18.4 Å². The van der Waals surface area contributed by atoms with Crippen LogP contribution in [-0.4, -0.2) is 29.7 Å². The number of thiazole rings is 1. The number of guanidine groups is 1. The second-order valence-electron chi connectivity index (χ2n) is 6.35. The first-order valence-corrected chi connectivity index (χ1v) is 10.5. The van der Waals surface area contributed by atoms with Gasteiger partial charge >= 0.3 is 0 Å². The lowest BCUT2D eigenvalue weighted by Crippen LogP contribution is -2.38. The third-order valence-corrected chi connectivity index (χ3v) is 5.45. The molecule has 0 amide bonds. The van der Waals surface area contributed by atoms with Crippen molar-refractivity contribution in [3.63, 3.8) is 0 Å². The Morgan fingerprint density at radius 3 is 2.62 bits per heavy atom. The summed E-state index contributed by atoms with van der Waals surface area (Å²) in [4.78, 5) is 9.04. The van der Waals surface area contributed by atoms with Gasteiger partial charge in [0.25, 0.3) is 0 Å². The molecule has 0 saturated carbocycles. The summed E-state index contributed by atoms with van der Waals surface area (Å²) in [6, 6.07) is 10.3. The number of rotatable bonds is 8. The van der Waals surface area contributed by atoms with Crippen molar-refractivity contribution in [3.8, 4) is 10.6 Å². The Kier molecular flexibility index (Phi) is 9.59. The van der Waals surface area contributed by atoms with E-state index in [-0.39, 0.29) is 24.0 Å². The Bertz CT molecular complexity index is 885. The van der Waals surface area contributed by atoms with Gasteiger partial charge in [-0.05, 0) is 6.42 Å². The molecule has 0 fully saturated rings. The molecule has 0 aliphatic heterocycles. The third kappa shape index (κ3) is 6.27. The van der Waals surface area contributed by atoms with Gasteiger partial charge in [0.1, 0.15) is 10.8 Å². The van der Waals surface area contributed by atoms with Crippen LogP contribution in [0.1, 0.15) is 36.6 Å². The standard InChI is InChI=1S/C21H27N5OS.HI/c1-4-18-17(19(5-2)27-26-18)13-24-21(22-3)23-12-11-16-14-28-20(25-16)15-9-7-6-8-10-15;/h6-10,14H,4-5,11-13H2,1-3H3,(H2,22,23,24);1H. The van der Waals surface area contributed by atoms with Crippen molar-refractivity contribution < 1.29 is 4.52 Å². The summed E-state index contributed by atoms with van der Waals surface area (Å²) in [6.45, 7) is 5.59. The van der Waals surface area contributed by atoms with E-state index >= 15 is 0 Å². The lowest BCUT2D eigenvalue weighted by molar-refractivity contribution is 0.380. The molecule has 0 saturated heterocycles. The molecule has 156 valence electrons. The number of aliphatic imine (C=N–C) groups is 1. The molecule has 8 heteroatoms. The van der Waals surface area contributed by atoms with E-state index in [9.17, 15) is 0 Å². The van der Waals surface area contributed by atoms with Gasteiger partial charge in [-0.3, -0.25) is 4.99 Å². The van der Waals surface area contributed by atoms with Gasteiger partial charge in [0, 0.05) is 49.5 Å². The van der Waals surface area contributed by atoms with Gasteiger partial charge in [-0.15, -0.1) is 35.3 Å². The van der Waals surface area contributed by atoms with Crippen LogP contribution >= 0.6 is 35.3 Å². The SMILES string of the molecule is CCc1noc(CC)c1CNC(=NC)NCCc1csc(-c2ccccc2)n1.I. The predicted octanol–water partition coefficient (Wildman–Crippen LogP) is 4.45. The summed E-state index contributed by atoms with van der Waals surface area (Å²) in [7, 11) is 1.78. The van der Waals surface area contributed by atoms with Crippen LogP contribution in [-0.2, 0) is 25.8 Å². The van der Waals surface area contributed by atoms with Crippen LogP contribution in [0.2, 0.25) is 0 Å². The molecule has 3 rings (SSSR count). The normalized spacial score (nSPS) is 11.2. The summed E-state index contributed by atoms with van der Waals surface area (Å²) in [5, 5.41) is 14.1. The van der Waals surface area contributed by atoms with Crippen molar-refractivity contribution >= 4 is 41.3 Å². The van der Waals surface area contributed by atoms with E-state index in [2.05, 4.69) is 52.1 Å². The minimum Gasteiger partial charge on any atom is -0.361 e. The van der Waals surface area contributed by atoms with E-state index in [4.69, 9.17) is 9.51 Å². The molecule has 0 aliphatic carbocycles. The molecule has 2 heterocycles. The molecule has 0 bridgehead atoms. The highest BCUT2D eigenvalue weighted by Gasteiger charge is 2.13. The molecule has 0 atom stereocenters. The van der Waals surface area contributed by atoms with Crippen LogP contribution < -0.4 is 10.6 Å². The number of nitrogens with zero attached hydrogens (tertiary/aromatic N) is 3. The molecule has 1 aromatic carbocycles. The molecule has 0 unspecified atom stereocenters. The zero-order chi connectivity index (χ0) is 19.8. The molecule has 2 N–H and O–H groups in total. The zero-order valence-corrected chi connectivity index (χ0v) is 20.2. The third-order valence-electron chi connectivity index (χ3n) is 4.51. The van der Waals surface area contributed by atoms with E-state index < -0.39 is 0 Å². The van der Waals surface area contributed by atoms with Gasteiger partial charge in [0.05, 0.1) is 11.4 Å². The van der Waals surface area contributed by atoms with Gasteiger partial charge in [-0.2, -0.15) is 0 Å². The summed E-state index contributed by atoms with van der Waals surface area (Å²) >= 11 is 1.68. The summed E-state index contributed by atoms with van der Waals surface area (Å²) in [6.07, 6.45) is 2.54. The Morgan fingerprint density at radius 1 is 1.14 bits per heavy atom. The van der Waals surface area contributed by atoms with Crippen molar-refractivity contribution in [2.24, 2.45) is 4.99 Å². The molecule has 0 radical (unpaired) electrons. The first-order valence-electron chi connectivity index (χ1n) is 9.65. The van der Waals surface area contributed by atoms with E-state index in [1.807, 2.05) is 18.2 Å². The molecular weight excluding hydrogens is 497 g/mol. The smallest absolute Gasteiger partial charge is 0.191 e. The van der Waals surface area contributed by atoms with Crippen molar-refractivity contribution in [1.82, 2.24) is 20.8 Å². The van der Waals surface area contributed by atoms with Crippen molar-refractivity contribution in [2.45, 2.75) is 39.7 Å².